The summed E-state index contributed by atoms with van der Waals surface area (Å²) in [6.45, 7) is 2.23. The Morgan fingerprint density at radius 3 is 2.54 bits per heavy atom. The number of nitrogens with two attached hydrogens (primary N) is 1. The van der Waals surface area contributed by atoms with E-state index in [1.165, 1.54) is 25.7 Å². The molecule has 0 heterocycles. The molecule has 0 unspecified atom stereocenters. The Bertz CT molecular complexity index is 211. The molecule has 0 amide bonds. The van der Waals surface area contributed by atoms with Crippen LogP contribution in [0.3, 0.4) is 0 Å². The van der Waals surface area contributed by atoms with Crippen LogP contribution >= 0.6 is 0 Å². The number of hydrogen-bond acceptors (Lipinski definition) is 1. The number of hydrogen-bond donors (Lipinski definition) is 1. The Hall–Kier alpha value is -0.0400. The highest BCUT2D eigenvalue weighted by atomic mass is 14.7. The standard InChI is InChI=1S/C12H21N/c1-7(13)12-10-3-2-9-4-8(5-10)6-11(9)12/h7-12H,2-6,13H2,1H3/t7-,8-,9-,10+,11-,12+/m0/s1. The van der Waals surface area contributed by atoms with Crippen molar-refractivity contribution < 1.29 is 0 Å². The fourth-order valence-electron chi connectivity index (χ4n) is 4.76. The first-order valence-electron chi connectivity index (χ1n) is 6.01. The van der Waals surface area contributed by atoms with Crippen molar-refractivity contribution in [1.29, 1.82) is 0 Å². The van der Waals surface area contributed by atoms with Crippen LogP contribution in [0, 0.1) is 29.6 Å². The van der Waals surface area contributed by atoms with Gasteiger partial charge in [-0.3, -0.25) is 0 Å². The quantitative estimate of drug-likeness (QED) is 0.657. The lowest BCUT2D eigenvalue weighted by Crippen LogP contribution is -2.43. The molecule has 3 rings (SSSR count). The molecule has 0 aromatic rings. The van der Waals surface area contributed by atoms with E-state index in [4.69, 9.17) is 5.73 Å². The van der Waals surface area contributed by atoms with Gasteiger partial charge in [0.05, 0.1) is 0 Å². The van der Waals surface area contributed by atoms with Gasteiger partial charge >= 0.3 is 0 Å². The minimum atomic E-state index is 0.455. The van der Waals surface area contributed by atoms with Crippen LogP contribution in [0.4, 0.5) is 0 Å². The molecule has 3 bridgehead atoms. The van der Waals surface area contributed by atoms with Gasteiger partial charge in [-0.25, -0.2) is 0 Å². The lowest BCUT2D eigenvalue weighted by atomic mass is 9.62. The molecular weight excluding hydrogens is 158 g/mol. The molecule has 1 nitrogen and oxygen atoms in total. The van der Waals surface area contributed by atoms with Crippen LogP contribution in [0.1, 0.15) is 39.0 Å². The molecule has 0 radical (unpaired) electrons. The molecule has 0 aliphatic heterocycles. The van der Waals surface area contributed by atoms with E-state index in [-0.39, 0.29) is 0 Å². The molecular formula is C12H21N. The summed E-state index contributed by atoms with van der Waals surface area (Å²) in [4.78, 5) is 0. The second-order valence-electron chi connectivity index (χ2n) is 5.77. The highest BCUT2D eigenvalue weighted by Gasteiger charge is 2.50. The van der Waals surface area contributed by atoms with E-state index in [0.717, 1.165) is 29.6 Å². The molecule has 0 spiro atoms. The molecule has 3 aliphatic carbocycles. The highest BCUT2D eigenvalue weighted by molar-refractivity contribution is 5.01. The summed E-state index contributed by atoms with van der Waals surface area (Å²) in [7, 11) is 0. The first kappa shape index (κ1) is 8.28. The molecule has 3 aliphatic rings. The van der Waals surface area contributed by atoms with Gasteiger partial charge in [0.25, 0.3) is 0 Å². The third-order valence-electron chi connectivity index (χ3n) is 5.04. The van der Waals surface area contributed by atoms with Crippen LogP contribution in [0.25, 0.3) is 0 Å². The van der Waals surface area contributed by atoms with Crippen LogP contribution < -0.4 is 5.73 Å². The van der Waals surface area contributed by atoms with Gasteiger partial charge in [0.1, 0.15) is 0 Å². The molecule has 2 N–H and O–H groups in total. The molecule has 6 atom stereocenters. The molecule has 3 saturated carbocycles. The Balaban J connectivity index is 1.90. The smallest absolute Gasteiger partial charge is 0.00441 e. The van der Waals surface area contributed by atoms with Crippen LogP contribution in [0.2, 0.25) is 0 Å². The van der Waals surface area contributed by atoms with Crippen LogP contribution in [-0.2, 0) is 0 Å². The van der Waals surface area contributed by atoms with Gasteiger partial charge in [0.15, 0.2) is 0 Å². The SMILES string of the molecule is C[C@H](N)[C@@H]1[C@@H]2CC[C@H]3C[C@@H](C2)C[C@@H]31. The van der Waals surface area contributed by atoms with E-state index in [1.54, 1.807) is 6.42 Å². The third kappa shape index (κ3) is 1.09. The molecule has 0 aromatic carbocycles. The monoisotopic (exact) mass is 179 g/mol. The summed E-state index contributed by atoms with van der Waals surface area (Å²) >= 11 is 0. The summed E-state index contributed by atoms with van der Waals surface area (Å²) < 4.78 is 0. The van der Waals surface area contributed by atoms with Crippen LogP contribution in [0.5, 0.6) is 0 Å². The minimum absolute atomic E-state index is 0.455. The van der Waals surface area contributed by atoms with Crippen molar-refractivity contribution >= 4 is 0 Å². The van der Waals surface area contributed by atoms with Gasteiger partial charge in [0, 0.05) is 6.04 Å². The molecule has 0 aromatic heterocycles. The van der Waals surface area contributed by atoms with Crippen LogP contribution in [0.15, 0.2) is 0 Å². The van der Waals surface area contributed by atoms with Gasteiger partial charge in [-0.05, 0) is 68.6 Å². The van der Waals surface area contributed by atoms with Crippen molar-refractivity contribution in [1.82, 2.24) is 0 Å². The minimum Gasteiger partial charge on any atom is -0.328 e. The topological polar surface area (TPSA) is 26.0 Å². The largest absolute Gasteiger partial charge is 0.328 e. The summed E-state index contributed by atoms with van der Waals surface area (Å²) in [6.07, 6.45) is 7.59. The predicted molar refractivity (Wildman–Crippen MR) is 54.2 cm³/mol. The van der Waals surface area contributed by atoms with E-state index in [1.807, 2.05) is 0 Å². The molecule has 0 saturated heterocycles. The Morgan fingerprint density at radius 1 is 1.08 bits per heavy atom. The third-order valence-corrected chi connectivity index (χ3v) is 5.04. The highest BCUT2D eigenvalue weighted by Crippen LogP contribution is 2.58. The van der Waals surface area contributed by atoms with Gasteiger partial charge in [-0.1, -0.05) is 0 Å². The number of fused-ring (bicyclic) bond motifs is 2. The Morgan fingerprint density at radius 2 is 1.77 bits per heavy atom. The van der Waals surface area contributed by atoms with E-state index >= 15 is 0 Å². The lowest BCUT2D eigenvalue weighted by Gasteiger charge is -2.44. The first-order chi connectivity index (χ1) is 6.25. The summed E-state index contributed by atoms with van der Waals surface area (Å²) in [5, 5.41) is 0. The molecule has 13 heavy (non-hydrogen) atoms. The predicted octanol–water partition coefficient (Wildman–Crippen LogP) is 2.41. The van der Waals surface area contributed by atoms with Crippen molar-refractivity contribution in [2.24, 2.45) is 35.3 Å². The zero-order chi connectivity index (χ0) is 9.00. The van der Waals surface area contributed by atoms with E-state index < -0.39 is 0 Å². The Kier molecular flexibility index (Phi) is 1.74. The van der Waals surface area contributed by atoms with Gasteiger partial charge in [-0.15, -0.1) is 0 Å². The lowest BCUT2D eigenvalue weighted by molar-refractivity contribution is 0.0663. The van der Waals surface area contributed by atoms with E-state index in [9.17, 15) is 0 Å². The fourth-order valence-corrected chi connectivity index (χ4v) is 4.76. The second kappa shape index (κ2) is 2.73. The summed E-state index contributed by atoms with van der Waals surface area (Å²) in [5.74, 6) is 5.08. The van der Waals surface area contributed by atoms with Gasteiger partial charge in [0.2, 0.25) is 0 Å². The van der Waals surface area contributed by atoms with Gasteiger partial charge in [-0.2, -0.15) is 0 Å². The van der Waals surface area contributed by atoms with E-state index in [0.29, 0.717) is 6.04 Å². The van der Waals surface area contributed by atoms with Gasteiger partial charge < -0.3 is 5.73 Å². The maximum Gasteiger partial charge on any atom is 0.00441 e. The van der Waals surface area contributed by atoms with Crippen molar-refractivity contribution in [3.63, 3.8) is 0 Å². The van der Waals surface area contributed by atoms with Crippen LogP contribution in [-0.4, -0.2) is 6.04 Å². The molecule has 3 fully saturated rings. The Labute approximate surface area is 81.1 Å². The first-order valence-corrected chi connectivity index (χ1v) is 6.01. The summed E-state index contributed by atoms with van der Waals surface area (Å²) in [5.41, 5.74) is 6.14. The van der Waals surface area contributed by atoms with Crippen molar-refractivity contribution in [2.75, 3.05) is 0 Å². The normalized spacial score (nSPS) is 55.4. The summed E-state index contributed by atoms with van der Waals surface area (Å²) in [6, 6.07) is 0.455. The maximum absolute atomic E-state index is 6.14. The number of rotatable bonds is 1. The van der Waals surface area contributed by atoms with Crippen molar-refractivity contribution in [2.45, 2.75) is 45.1 Å². The second-order valence-corrected chi connectivity index (χ2v) is 5.77. The maximum atomic E-state index is 6.14. The average molecular weight is 179 g/mol. The molecule has 1 heteroatoms. The average Bonchev–Trinajstić information content (AvgIpc) is 2.27. The van der Waals surface area contributed by atoms with E-state index in [2.05, 4.69) is 6.92 Å². The molecule has 74 valence electrons. The zero-order valence-corrected chi connectivity index (χ0v) is 8.58. The fraction of sp³-hybridized carbons (Fsp3) is 1.00. The van der Waals surface area contributed by atoms with Crippen molar-refractivity contribution in [3.05, 3.63) is 0 Å². The zero-order valence-electron chi connectivity index (χ0n) is 8.58. The van der Waals surface area contributed by atoms with Crippen molar-refractivity contribution in [3.8, 4) is 0 Å².